The molecule has 0 bridgehead atoms. The first-order valence-corrected chi connectivity index (χ1v) is 9.46. The fourth-order valence-corrected chi connectivity index (χ4v) is 2.91. The van der Waals surface area contributed by atoms with Crippen molar-refractivity contribution in [2.45, 2.75) is 13.8 Å². The lowest BCUT2D eigenvalue weighted by Gasteiger charge is -2.05. The predicted octanol–water partition coefficient (Wildman–Crippen LogP) is 4.87. The lowest BCUT2D eigenvalue weighted by Crippen LogP contribution is -2.08. The van der Waals surface area contributed by atoms with E-state index in [1.165, 1.54) is 0 Å². The van der Waals surface area contributed by atoms with Crippen LogP contribution >= 0.6 is 0 Å². The summed E-state index contributed by atoms with van der Waals surface area (Å²) in [4.78, 5) is 28.8. The van der Waals surface area contributed by atoms with Gasteiger partial charge in [-0.3, -0.25) is 0 Å². The average Bonchev–Trinajstić information content (AvgIpc) is 3.09. The van der Waals surface area contributed by atoms with E-state index in [0.29, 0.717) is 16.9 Å². The van der Waals surface area contributed by atoms with E-state index in [1.54, 1.807) is 42.5 Å². The van der Waals surface area contributed by atoms with Crippen LogP contribution in [0.2, 0.25) is 0 Å². The Kier molecular flexibility index (Phi) is 5.26. The third-order valence-electron chi connectivity index (χ3n) is 4.58. The van der Waals surface area contributed by atoms with Gasteiger partial charge in [0.2, 0.25) is 5.90 Å². The van der Waals surface area contributed by atoms with Crippen LogP contribution in [0.5, 0.6) is 5.75 Å². The first kappa shape index (κ1) is 19.3. The normalized spacial score (nSPS) is 14.4. The van der Waals surface area contributed by atoms with Gasteiger partial charge in [-0.05, 0) is 61.9 Å². The summed E-state index contributed by atoms with van der Waals surface area (Å²) in [6, 6.07) is 21.6. The van der Waals surface area contributed by atoms with Crippen LogP contribution in [0.25, 0.3) is 6.08 Å². The van der Waals surface area contributed by atoms with Crippen molar-refractivity contribution in [1.29, 1.82) is 0 Å². The van der Waals surface area contributed by atoms with Crippen LogP contribution in [0.4, 0.5) is 0 Å². The molecule has 0 N–H and O–H groups in total. The number of aryl methyl sites for hydroxylation is 2. The molecule has 5 heteroatoms. The zero-order valence-electron chi connectivity index (χ0n) is 16.6. The number of hydrogen-bond acceptors (Lipinski definition) is 5. The van der Waals surface area contributed by atoms with E-state index < -0.39 is 11.9 Å². The van der Waals surface area contributed by atoms with Crippen LogP contribution in [-0.2, 0) is 9.53 Å². The highest BCUT2D eigenvalue weighted by Gasteiger charge is 2.24. The molecule has 1 aliphatic rings. The van der Waals surface area contributed by atoms with E-state index in [2.05, 4.69) is 4.99 Å². The number of nitrogens with zero attached hydrogens (tertiary/aromatic N) is 1. The molecular formula is C25H19NO4. The van der Waals surface area contributed by atoms with Crippen molar-refractivity contribution in [3.05, 3.63) is 106 Å². The first-order valence-electron chi connectivity index (χ1n) is 9.46. The number of carbonyl (C=O) groups excluding carboxylic acids is 2. The number of cyclic esters (lactones) is 1. The van der Waals surface area contributed by atoms with Gasteiger partial charge >= 0.3 is 11.9 Å². The molecule has 0 atom stereocenters. The number of benzene rings is 3. The average molecular weight is 397 g/mol. The second-order valence-corrected chi connectivity index (χ2v) is 7.03. The van der Waals surface area contributed by atoms with E-state index in [9.17, 15) is 9.59 Å². The molecule has 0 spiro atoms. The molecule has 0 fully saturated rings. The van der Waals surface area contributed by atoms with Gasteiger partial charge < -0.3 is 9.47 Å². The molecular weight excluding hydrogens is 378 g/mol. The zero-order valence-corrected chi connectivity index (χ0v) is 16.6. The van der Waals surface area contributed by atoms with Gasteiger partial charge in [0.25, 0.3) is 0 Å². The van der Waals surface area contributed by atoms with E-state index in [0.717, 1.165) is 16.7 Å². The topological polar surface area (TPSA) is 65.0 Å². The number of hydrogen-bond donors (Lipinski definition) is 0. The van der Waals surface area contributed by atoms with E-state index >= 15 is 0 Å². The van der Waals surface area contributed by atoms with Crippen LogP contribution in [0.3, 0.4) is 0 Å². The minimum atomic E-state index is -0.521. The Hall–Kier alpha value is -3.99. The zero-order chi connectivity index (χ0) is 21.1. The minimum absolute atomic E-state index is 0.188. The summed E-state index contributed by atoms with van der Waals surface area (Å²) in [5.74, 6) is -0.315. The van der Waals surface area contributed by atoms with Crippen LogP contribution < -0.4 is 4.74 Å². The summed E-state index contributed by atoms with van der Waals surface area (Å²) in [7, 11) is 0. The van der Waals surface area contributed by atoms with Crippen molar-refractivity contribution in [3.8, 4) is 5.75 Å². The van der Waals surface area contributed by atoms with E-state index in [1.807, 2.05) is 50.2 Å². The molecule has 0 aromatic heterocycles. The summed E-state index contributed by atoms with van der Waals surface area (Å²) in [6.07, 6.45) is 1.60. The quantitative estimate of drug-likeness (QED) is 0.358. The maximum atomic E-state index is 12.3. The Morgan fingerprint density at radius 1 is 0.933 bits per heavy atom. The maximum Gasteiger partial charge on any atom is 0.363 e. The van der Waals surface area contributed by atoms with Crippen LogP contribution in [-0.4, -0.2) is 17.8 Å². The van der Waals surface area contributed by atoms with Crippen molar-refractivity contribution in [2.24, 2.45) is 4.99 Å². The van der Waals surface area contributed by atoms with Gasteiger partial charge in [0.05, 0.1) is 5.56 Å². The molecule has 0 radical (unpaired) electrons. The summed E-state index contributed by atoms with van der Waals surface area (Å²) in [6.45, 7) is 3.93. The number of ether oxygens (including phenoxy) is 2. The van der Waals surface area contributed by atoms with Crippen molar-refractivity contribution < 1.29 is 19.1 Å². The molecule has 1 heterocycles. The van der Waals surface area contributed by atoms with Gasteiger partial charge in [0, 0.05) is 5.56 Å². The van der Waals surface area contributed by atoms with Crippen LogP contribution in [0.15, 0.2) is 83.5 Å². The van der Waals surface area contributed by atoms with Crippen LogP contribution in [0.1, 0.15) is 32.6 Å². The van der Waals surface area contributed by atoms with Gasteiger partial charge in [-0.25, -0.2) is 14.6 Å². The van der Waals surface area contributed by atoms with Crippen molar-refractivity contribution >= 4 is 23.9 Å². The Morgan fingerprint density at radius 3 is 2.30 bits per heavy atom. The highest BCUT2D eigenvalue weighted by molar-refractivity contribution is 6.12. The molecule has 0 aliphatic carbocycles. The Bertz CT molecular complexity index is 1170. The number of aliphatic imine (C=N–C) groups is 1. The fourth-order valence-electron chi connectivity index (χ4n) is 2.91. The smallest absolute Gasteiger partial charge is 0.363 e. The Labute approximate surface area is 174 Å². The summed E-state index contributed by atoms with van der Waals surface area (Å²) in [5, 5.41) is 0. The lowest BCUT2D eigenvalue weighted by molar-refractivity contribution is -0.129. The minimum Gasteiger partial charge on any atom is -0.423 e. The molecule has 0 amide bonds. The molecule has 0 saturated carbocycles. The number of rotatable bonds is 4. The number of carbonyl (C=O) groups is 2. The lowest BCUT2D eigenvalue weighted by atomic mass is 10.1. The predicted molar refractivity (Wildman–Crippen MR) is 114 cm³/mol. The second-order valence-electron chi connectivity index (χ2n) is 7.03. The molecule has 30 heavy (non-hydrogen) atoms. The molecule has 3 aromatic carbocycles. The van der Waals surface area contributed by atoms with Gasteiger partial charge in [0.15, 0.2) is 5.70 Å². The third-order valence-corrected chi connectivity index (χ3v) is 4.58. The molecule has 148 valence electrons. The third kappa shape index (κ3) is 4.36. The molecule has 4 rings (SSSR count). The van der Waals surface area contributed by atoms with Gasteiger partial charge in [-0.2, -0.15) is 0 Å². The summed E-state index contributed by atoms with van der Waals surface area (Å²) >= 11 is 0. The van der Waals surface area contributed by atoms with E-state index in [4.69, 9.17) is 9.47 Å². The monoisotopic (exact) mass is 397 g/mol. The molecule has 5 nitrogen and oxygen atoms in total. The Morgan fingerprint density at radius 2 is 1.60 bits per heavy atom. The summed E-state index contributed by atoms with van der Waals surface area (Å²) in [5.41, 5.74) is 4.23. The maximum absolute atomic E-state index is 12.3. The molecule has 0 saturated heterocycles. The van der Waals surface area contributed by atoms with Gasteiger partial charge in [-0.15, -0.1) is 0 Å². The Balaban J connectivity index is 1.54. The first-order chi connectivity index (χ1) is 14.5. The summed E-state index contributed by atoms with van der Waals surface area (Å²) < 4.78 is 10.7. The van der Waals surface area contributed by atoms with Gasteiger partial charge in [0.1, 0.15) is 5.75 Å². The highest BCUT2D eigenvalue weighted by Crippen LogP contribution is 2.22. The highest BCUT2D eigenvalue weighted by atomic mass is 16.6. The fraction of sp³-hybridized carbons (Fsp3) is 0.0800. The van der Waals surface area contributed by atoms with E-state index in [-0.39, 0.29) is 11.6 Å². The van der Waals surface area contributed by atoms with Crippen LogP contribution in [0, 0.1) is 13.8 Å². The number of esters is 2. The van der Waals surface area contributed by atoms with Crippen molar-refractivity contribution in [3.63, 3.8) is 0 Å². The van der Waals surface area contributed by atoms with Crippen molar-refractivity contribution in [1.82, 2.24) is 0 Å². The van der Waals surface area contributed by atoms with Gasteiger partial charge in [-0.1, -0.05) is 47.5 Å². The second kappa shape index (κ2) is 8.17. The standard InChI is InChI=1S/C25H19NO4/c1-16-6-10-19(11-7-16)23-26-22(25(28)30-23)15-18-4-3-5-21(14-18)29-24(27)20-12-8-17(2)9-13-20/h3-15H,1-2H3. The molecule has 3 aromatic rings. The molecule has 0 unspecified atom stereocenters. The van der Waals surface area contributed by atoms with Crippen molar-refractivity contribution in [2.75, 3.05) is 0 Å². The SMILES string of the molecule is Cc1ccc(C(=O)Oc2cccc(C=C3N=C(c4ccc(C)cc4)OC3=O)c2)cc1. The largest absolute Gasteiger partial charge is 0.423 e. The molecule has 1 aliphatic heterocycles.